The van der Waals surface area contributed by atoms with E-state index in [0.717, 1.165) is 87.7 Å². The first-order valence-electron chi connectivity index (χ1n) is 60.0. The standard InChI is InChI=1S/C138H103BN8/c1-136(2,3)90-74-107(86-38-14-10-15-39-86)134(108(75-90)87-40-16-11-17-41-87)146-129-84-97(144-123-60-36-28-52-105(123)113-82-95(66-72-127(113)144)142-121-58-34-26-50-103(121)111-80-93(64-70-125(111)142)140-117-54-30-22-46-99(117)100-47-23-31-55-118(100)140)62-68-115(129)139-116-69-63-98(85-130(116)147(132-79-92(138(7,8)9)78-131(146)133(132)139)135-109(88-42-18-12-19-43-88)76-91(137(4,5)6)77-110(135)89-44-20-13-21-45-89)145-124-61-37-29-53-106(124)114-83-96(67-73-128(114)145)143-122-59-35-27-51-104(122)112-81-94(65-71-126(112)143)141-119-56-32-24-48-101(119)102-49-25-33-57-120(102)141/h10-85H,1-9H3/i28D,29D,36D,37D,52D,53D,60D,61D,62D,63D,66D,67D,68D,69D,72D,73D,82D,83D,84D,85D. The van der Waals surface area contributed by atoms with Gasteiger partial charge in [-0.05, 0) is 253 Å². The monoisotopic (exact) mass is 1900 g/mol. The van der Waals surface area contributed by atoms with E-state index in [1.807, 2.05) is 265 Å². The Bertz CT molecular complexity index is 10700. The highest BCUT2D eigenvalue weighted by atomic mass is 15.2. The van der Waals surface area contributed by atoms with Crippen molar-refractivity contribution in [3.05, 3.63) is 477 Å². The highest BCUT2D eigenvalue weighted by molar-refractivity contribution is 7.00. The van der Waals surface area contributed by atoms with Crippen LogP contribution in [0.5, 0.6) is 0 Å². The van der Waals surface area contributed by atoms with Crippen LogP contribution in [0.15, 0.2) is 461 Å². The third-order valence-electron chi connectivity index (χ3n) is 30.3. The van der Waals surface area contributed by atoms with Crippen molar-refractivity contribution >= 4 is 188 Å². The van der Waals surface area contributed by atoms with E-state index in [-0.39, 0.29) is 77.3 Å². The summed E-state index contributed by atoms with van der Waals surface area (Å²) in [6.45, 7) is 17.3. The second-order valence-corrected chi connectivity index (χ2v) is 41.9. The molecule has 27 aromatic rings. The molecular weight excluding hydrogens is 1780 g/mol. The normalized spacial score (nSPS) is 14.8. The molecule has 8 nitrogen and oxygen atoms in total. The Kier molecular flexibility index (Phi) is 14.8. The van der Waals surface area contributed by atoms with Crippen molar-refractivity contribution < 1.29 is 27.4 Å². The van der Waals surface area contributed by atoms with Crippen molar-refractivity contribution in [3.63, 3.8) is 0 Å². The topological polar surface area (TPSA) is 36.1 Å². The van der Waals surface area contributed by atoms with Crippen molar-refractivity contribution in [2.45, 2.75) is 78.6 Å². The first-order valence-corrected chi connectivity index (χ1v) is 50.0. The predicted molar refractivity (Wildman–Crippen MR) is 624 cm³/mol. The fraction of sp³-hybridized carbons (Fsp3) is 0.0870. The van der Waals surface area contributed by atoms with E-state index in [2.05, 4.69) is 156 Å². The van der Waals surface area contributed by atoms with Crippen molar-refractivity contribution in [3.8, 4) is 78.6 Å². The van der Waals surface area contributed by atoms with Crippen LogP contribution < -0.4 is 26.2 Å². The largest absolute Gasteiger partial charge is 0.310 e. The zero-order chi connectivity index (χ0) is 116. The molecule has 0 unspecified atom stereocenters. The van der Waals surface area contributed by atoms with E-state index in [4.69, 9.17) is 0 Å². The van der Waals surface area contributed by atoms with E-state index in [1.165, 1.54) is 9.13 Å². The van der Waals surface area contributed by atoms with Gasteiger partial charge in [-0.25, -0.2) is 0 Å². The summed E-state index contributed by atoms with van der Waals surface area (Å²) in [4.78, 5) is 3.92. The number of fused-ring (bicyclic) bond motifs is 22. The fourth-order valence-electron chi connectivity index (χ4n) is 23.4. The molecule has 8 heterocycles. The third-order valence-corrected chi connectivity index (χ3v) is 30.3. The highest BCUT2D eigenvalue weighted by Crippen LogP contribution is 2.57. The lowest BCUT2D eigenvalue weighted by Crippen LogP contribution is -2.61. The fourth-order valence-corrected chi connectivity index (χ4v) is 23.4. The first-order chi connectivity index (χ1) is 80.2. The summed E-state index contributed by atoms with van der Waals surface area (Å²) in [5.74, 6) is 0. The summed E-state index contributed by atoms with van der Waals surface area (Å²) >= 11 is 0. The van der Waals surface area contributed by atoms with E-state index in [1.54, 1.807) is 9.13 Å². The van der Waals surface area contributed by atoms with Crippen molar-refractivity contribution in [1.82, 2.24) is 27.4 Å². The van der Waals surface area contributed by atoms with Gasteiger partial charge in [0.15, 0.2) is 0 Å². The molecule has 29 rings (SSSR count). The molecular formula is C138H103BN8. The Hall–Kier alpha value is -17.9. The van der Waals surface area contributed by atoms with Crippen LogP contribution in [-0.2, 0) is 16.2 Å². The minimum Gasteiger partial charge on any atom is -0.310 e. The molecule has 147 heavy (non-hydrogen) atoms. The van der Waals surface area contributed by atoms with E-state index < -0.39 is 155 Å². The molecule has 0 saturated heterocycles. The zero-order valence-corrected chi connectivity index (χ0v) is 82.0. The smallest absolute Gasteiger partial charge is 0.252 e. The van der Waals surface area contributed by atoms with Crippen molar-refractivity contribution in [2.75, 3.05) is 9.80 Å². The minimum atomic E-state index is -1.69. The van der Waals surface area contributed by atoms with Gasteiger partial charge in [0.1, 0.15) is 0 Å². The molecule has 0 radical (unpaired) electrons. The molecule has 2 aliphatic heterocycles. The van der Waals surface area contributed by atoms with Crippen molar-refractivity contribution in [1.29, 1.82) is 0 Å². The molecule has 0 amide bonds. The molecule has 0 fully saturated rings. The second kappa shape index (κ2) is 32.3. The number of nitrogens with zero attached hydrogens (tertiary/aromatic N) is 8. The second-order valence-electron chi connectivity index (χ2n) is 41.9. The van der Waals surface area contributed by atoms with Crippen LogP contribution >= 0.6 is 0 Å². The molecule has 0 N–H and O–H groups in total. The summed E-state index contributed by atoms with van der Waals surface area (Å²) < 4.78 is 230. The molecule has 0 spiro atoms. The number of anilines is 6. The van der Waals surface area contributed by atoms with Crippen LogP contribution in [0.4, 0.5) is 34.1 Å². The summed E-state index contributed by atoms with van der Waals surface area (Å²) in [6.07, 6.45) is 0. The van der Waals surface area contributed by atoms with Gasteiger partial charge in [0.2, 0.25) is 0 Å². The number of para-hydroxylation sites is 8. The minimum absolute atomic E-state index is 0.123. The molecule has 0 aliphatic carbocycles. The van der Waals surface area contributed by atoms with E-state index >= 15 is 0 Å². The SMILES string of the molecule is [2H]c1c([2H])c(-n2c3c([2H])c([2H])c([2H])c([2H])c3c3c([2H])c(-n4c5ccccc5c5cc(-n6c7ccccc7c7ccccc76)ccc54)c([2H])c([2H])c32)c([2H])c2c1B1c3c(cc(C(C)(C)C)cc3N(c3c(-c4ccccc4)cc(C(C)(C)C)cc3-c3ccccc3)c3c([2H])c(-n4c5c([2H])c([2H])c([2H])c([2H])c5c5c([2H])c(-n6c7ccccc7c7cc(-n8c9ccccc9c9ccccc98)ccc76)c([2H])c([2H])c54)c([2H])c([2H])c31)N2c1c(-c2ccccc2)cc(C(C)(C)C)cc1-c1ccccc1. The van der Waals surface area contributed by atoms with Gasteiger partial charge in [0, 0.05) is 144 Å². The highest BCUT2D eigenvalue weighted by Gasteiger charge is 2.47. The van der Waals surface area contributed by atoms with Crippen LogP contribution in [-0.4, -0.2) is 34.1 Å². The number of hydrogen-bond donors (Lipinski definition) is 0. The van der Waals surface area contributed by atoms with Crippen LogP contribution in [0.3, 0.4) is 0 Å². The van der Waals surface area contributed by atoms with Crippen LogP contribution in [0.2, 0.25) is 0 Å². The first kappa shape index (κ1) is 67.5. The summed E-state index contributed by atoms with van der Waals surface area (Å²) in [5.41, 5.74) is 11.5. The third kappa shape index (κ3) is 13.1. The lowest BCUT2D eigenvalue weighted by atomic mass is 9.33. The molecule has 0 atom stereocenters. The Morgan fingerprint density at radius 2 is 0.456 bits per heavy atom. The van der Waals surface area contributed by atoms with Gasteiger partial charge in [0.25, 0.3) is 6.71 Å². The maximum atomic E-state index is 12.4. The van der Waals surface area contributed by atoms with Crippen molar-refractivity contribution in [2.24, 2.45) is 0 Å². The zero-order valence-electron chi connectivity index (χ0n) is 102. The number of rotatable bonds is 12. The van der Waals surface area contributed by atoms with Gasteiger partial charge >= 0.3 is 0 Å². The molecule has 6 aromatic heterocycles. The molecule has 9 heteroatoms. The van der Waals surface area contributed by atoms with Crippen LogP contribution in [0, 0.1) is 0 Å². The van der Waals surface area contributed by atoms with E-state index in [0.29, 0.717) is 100 Å². The van der Waals surface area contributed by atoms with Gasteiger partial charge in [-0.3, -0.25) is 0 Å². The Morgan fingerprint density at radius 1 is 0.197 bits per heavy atom. The van der Waals surface area contributed by atoms with Crippen LogP contribution in [0.1, 0.15) is 106 Å². The molecule has 0 bridgehead atoms. The molecule has 698 valence electrons. The Labute approximate surface area is 882 Å². The van der Waals surface area contributed by atoms with Crippen LogP contribution in [0.25, 0.3) is 209 Å². The van der Waals surface area contributed by atoms with Gasteiger partial charge < -0.3 is 37.2 Å². The maximum Gasteiger partial charge on any atom is 0.252 e. The van der Waals surface area contributed by atoms with Gasteiger partial charge in [-0.15, -0.1) is 0 Å². The quantitative estimate of drug-likeness (QED) is 0.114. The number of benzene rings is 21. The summed E-state index contributed by atoms with van der Waals surface area (Å²) in [6, 6.07) is 98.8. The number of aromatic nitrogens is 6. The Balaban J connectivity index is 0.768. The molecule has 0 saturated carbocycles. The van der Waals surface area contributed by atoms with Gasteiger partial charge in [0.05, 0.1) is 105 Å². The number of hydrogen-bond acceptors (Lipinski definition) is 2. The lowest BCUT2D eigenvalue weighted by Gasteiger charge is -2.47. The Morgan fingerprint density at radius 3 is 0.782 bits per heavy atom. The average Bonchev–Trinajstić information content (AvgIpc) is 1.04. The van der Waals surface area contributed by atoms with Gasteiger partial charge in [-0.1, -0.05) is 341 Å². The molecule has 21 aromatic carbocycles. The van der Waals surface area contributed by atoms with Gasteiger partial charge in [-0.2, -0.15) is 0 Å². The summed E-state index contributed by atoms with van der Waals surface area (Å²) in [5, 5.41) is 6.03. The maximum absolute atomic E-state index is 12.4. The van der Waals surface area contributed by atoms with E-state index in [9.17, 15) is 27.4 Å². The predicted octanol–water partition coefficient (Wildman–Crippen LogP) is 34.9. The lowest BCUT2D eigenvalue weighted by molar-refractivity contribution is 0.590. The summed E-state index contributed by atoms with van der Waals surface area (Å²) in [7, 11) is 0. The average molecular weight is 1900 g/mol. The molecule has 2 aliphatic rings.